The average Bonchev–Trinajstić information content (AvgIpc) is 3.08. The van der Waals surface area contributed by atoms with Crippen LogP contribution in [0.4, 0.5) is 0 Å². The molecule has 0 bridgehead atoms. The molecule has 1 heterocycles. The van der Waals surface area contributed by atoms with Crippen molar-refractivity contribution in [2.24, 2.45) is 0 Å². The molecule has 132 valence electrons. The SMILES string of the molecule is Cc1nccn1-c1cccc(OC[C@H](C)Oc2ccc(C#N)cc2Cl)c1. The monoisotopic (exact) mass is 367 g/mol. The number of aromatic nitrogens is 2. The van der Waals surface area contributed by atoms with Crippen molar-refractivity contribution in [3.8, 4) is 23.3 Å². The standard InChI is InChI=1S/C20H18ClN3O2/c1-14(26-20-7-6-16(12-22)10-19(20)21)13-25-18-5-3-4-17(11-18)24-9-8-23-15(24)2/h3-11,14H,13H2,1-2H3/t14-/m0/s1. The van der Waals surface area contributed by atoms with Crippen molar-refractivity contribution in [3.63, 3.8) is 0 Å². The minimum atomic E-state index is -0.209. The average molecular weight is 368 g/mol. The Labute approximate surface area is 157 Å². The smallest absolute Gasteiger partial charge is 0.138 e. The molecule has 0 N–H and O–H groups in total. The van der Waals surface area contributed by atoms with E-state index in [1.807, 2.05) is 54.9 Å². The Kier molecular flexibility index (Phi) is 5.45. The van der Waals surface area contributed by atoms with Gasteiger partial charge < -0.3 is 14.0 Å². The number of rotatable bonds is 6. The molecule has 26 heavy (non-hydrogen) atoms. The second-order valence-electron chi connectivity index (χ2n) is 5.84. The fraction of sp³-hybridized carbons (Fsp3) is 0.200. The number of nitrogens with zero attached hydrogens (tertiary/aromatic N) is 3. The zero-order valence-corrected chi connectivity index (χ0v) is 15.3. The zero-order chi connectivity index (χ0) is 18.5. The van der Waals surface area contributed by atoms with E-state index < -0.39 is 0 Å². The van der Waals surface area contributed by atoms with Gasteiger partial charge in [-0.1, -0.05) is 17.7 Å². The third-order valence-corrected chi connectivity index (χ3v) is 4.09. The molecule has 1 aromatic heterocycles. The van der Waals surface area contributed by atoms with E-state index in [1.54, 1.807) is 24.4 Å². The highest BCUT2D eigenvalue weighted by Gasteiger charge is 2.10. The predicted molar refractivity (Wildman–Crippen MR) is 100 cm³/mol. The van der Waals surface area contributed by atoms with Gasteiger partial charge in [-0.3, -0.25) is 0 Å². The second-order valence-corrected chi connectivity index (χ2v) is 6.25. The van der Waals surface area contributed by atoms with Crippen LogP contribution in [0.2, 0.25) is 5.02 Å². The highest BCUT2D eigenvalue weighted by molar-refractivity contribution is 6.32. The van der Waals surface area contributed by atoms with Gasteiger partial charge in [0.1, 0.15) is 30.0 Å². The molecule has 0 amide bonds. The number of ether oxygens (including phenoxy) is 2. The van der Waals surface area contributed by atoms with E-state index in [1.165, 1.54) is 0 Å². The fourth-order valence-electron chi connectivity index (χ4n) is 2.50. The molecule has 5 nitrogen and oxygen atoms in total. The van der Waals surface area contributed by atoms with E-state index in [0.29, 0.717) is 22.9 Å². The van der Waals surface area contributed by atoms with E-state index >= 15 is 0 Å². The fourth-order valence-corrected chi connectivity index (χ4v) is 2.73. The lowest BCUT2D eigenvalue weighted by molar-refractivity contribution is 0.143. The number of aryl methyl sites for hydroxylation is 1. The van der Waals surface area contributed by atoms with Crippen molar-refractivity contribution in [2.75, 3.05) is 6.61 Å². The molecule has 6 heteroatoms. The number of nitriles is 1. The van der Waals surface area contributed by atoms with Gasteiger partial charge in [0.05, 0.1) is 22.3 Å². The van der Waals surface area contributed by atoms with Crippen LogP contribution < -0.4 is 9.47 Å². The van der Waals surface area contributed by atoms with Crippen molar-refractivity contribution < 1.29 is 9.47 Å². The van der Waals surface area contributed by atoms with Gasteiger partial charge in [-0.2, -0.15) is 5.26 Å². The second kappa shape index (κ2) is 7.94. The lowest BCUT2D eigenvalue weighted by Crippen LogP contribution is -2.21. The highest BCUT2D eigenvalue weighted by atomic mass is 35.5. The van der Waals surface area contributed by atoms with E-state index in [2.05, 4.69) is 4.98 Å². The first-order chi connectivity index (χ1) is 12.6. The third kappa shape index (κ3) is 4.16. The van der Waals surface area contributed by atoms with Gasteiger partial charge in [-0.25, -0.2) is 4.98 Å². The van der Waals surface area contributed by atoms with E-state index in [-0.39, 0.29) is 6.10 Å². The van der Waals surface area contributed by atoms with Gasteiger partial charge >= 0.3 is 0 Å². The summed E-state index contributed by atoms with van der Waals surface area (Å²) < 4.78 is 13.6. The molecule has 0 saturated heterocycles. The van der Waals surface area contributed by atoms with Crippen molar-refractivity contribution in [1.29, 1.82) is 5.26 Å². The van der Waals surface area contributed by atoms with Gasteiger partial charge in [0.25, 0.3) is 0 Å². The largest absolute Gasteiger partial charge is 0.490 e. The third-order valence-electron chi connectivity index (χ3n) is 3.80. The maximum Gasteiger partial charge on any atom is 0.138 e. The molecule has 3 rings (SSSR count). The molecule has 0 unspecified atom stereocenters. The van der Waals surface area contributed by atoms with Crippen LogP contribution in [0.15, 0.2) is 54.9 Å². The summed E-state index contributed by atoms with van der Waals surface area (Å²) >= 11 is 6.14. The number of hydrogen-bond acceptors (Lipinski definition) is 4. The Morgan fingerprint density at radius 2 is 2.12 bits per heavy atom. The van der Waals surface area contributed by atoms with Crippen LogP contribution in [-0.2, 0) is 0 Å². The summed E-state index contributed by atoms with van der Waals surface area (Å²) in [6.45, 7) is 4.21. The Morgan fingerprint density at radius 3 is 2.81 bits per heavy atom. The summed E-state index contributed by atoms with van der Waals surface area (Å²) in [4.78, 5) is 4.23. The molecule has 0 aliphatic carbocycles. The molecule has 1 atom stereocenters. The van der Waals surface area contributed by atoms with E-state index in [9.17, 15) is 0 Å². The number of hydrogen-bond donors (Lipinski definition) is 0. The molecule has 3 aromatic rings. The Balaban J connectivity index is 1.62. The number of halogens is 1. The van der Waals surface area contributed by atoms with Crippen LogP contribution in [-0.4, -0.2) is 22.3 Å². The van der Waals surface area contributed by atoms with Crippen molar-refractivity contribution >= 4 is 11.6 Å². The lowest BCUT2D eigenvalue weighted by atomic mass is 10.2. The molecule has 0 saturated carbocycles. The highest BCUT2D eigenvalue weighted by Crippen LogP contribution is 2.26. The summed E-state index contributed by atoms with van der Waals surface area (Å²) in [7, 11) is 0. The van der Waals surface area contributed by atoms with Gasteiger partial charge in [-0.15, -0.1) is 0 Å². The topological polar surface area (TPSA) is 60.1 Å². The van der Waals surface area contributed by atoms with E-state index in [0.717, 1.165) is 17.3 Å². The van der Waals surface area contributed by atoms with Crippen LogP contribution in [0.1, 0.15) is 18.3 Å². The summed E-state index contributed by atoms with van der Waals surface area (Å²) in [6.07, 6.45) is 3.46. The zero-order valence-electron chi connectivity index (χ0n) is 14.5. The molecule has 2 aromatic carbocycles. The van der Waals surface area contributed by atoms with Gasteiger partial charge in [0, 0.05) is 18.5 Å². The van der Waals surface area contributed by atoms with Crippen LogP contribution in [0.5, 0.6) is 11.5 Å². The van der Waals surface area contributed by atoms with Crippen LogP contribution in [0.3, 0.4) is 0 Å². The first-order valence-electron chi connectivity index (χ1n) is 8.16. The Bertz CT molecular complexity index is 946. The summed E-state index contributed by atoms with van der Waals surface area (Å²) in [5.41, 5.74) is 1.49. The minimum Gasteiger partial charge on any atom is -0.490 e. The Morgan fingerprint density at radius 1 is 1.27 bits per heavy atom. The number of imidazole rings is 1. The summed E-state index contributed by atoms with van der Waals surface area (Å²) in [5.74, 6) is 2.19. The van der Waals surface area contributed by atoms with Crippen molar-refractivity contribution in [1.82, 2.24) is 9.55 Å². The molecule has 0 radical (unpaired) electrons. The molecular formula is C20H18ClN3O2. The predicted octanol–water partition coefficient (Wildman–Crippen LogP) is 4.55. The molecular weight excluding hydrogens is 350 g/mol. The van der Waals surface area contributed by atoms with Gasteiger partial charge in [0.15, 0.2) is 0 Å². The van der Waals surface area contributed by atoms with Crippen LogP contribution >= 0.6 is 11.6 Å². The first kappa shape index (κ1) is 17.8. The minimum absolute atomic E-state index is 0.209. The number of benzene rings is 2. The molecule has 0 aliphatic heterocycles. The molecule has 0 spiro atoms. The lowest BCUT2D eigenvalue weighted by Gasteiger charge is -2.17. The maximum absolute atomic E-state index is 8.88. The first-order valence-corrected chi connectivity index (χ1v) is 8.54. The maximum atomic E-state index is 8.88. The quantitative estimate of drug-likeness (QED) is 0.641. The molecule has 0 fully saturated rings. The van der Waals surface area contributed by atoms with Gasteiger partial charge in [-0.05, 0) is 44.2 Å². The van der Waals surface area contributed by atoms with Crippen LogP contribution in [0, 0.1) is 18.3 Å². The summed E-state index contributed by atoms with van der Waals surface area (Å²) in [6, 6.07) is 14.8. The van der Waals surface area contributed by atoms with E-state index in [4.69, 9.17) is 26.3 Å². The van der Waals surface area contributed by atoms with Gasteiger partial charge in [0.2, 0.25) is 0 Å². The normalized spacial score (nSPS) is 11.6. The molecule has 0 aliphatic rings. The van der Waals surface area contributed by atoms with Crippen LogP contribution in [0.25, 0.3) is 5.69 Å². The van der Waals surface area contributed by atoms with Crippen molar-refractivity contribution in [2.45, 2.75) is 20.0 Å². The van der Waals surface area contributed by atoms with Crippen molar-refractivity contribution in [3.05, 3.63) is 71.3 Å². The summed E-state index contributed by atoms with van der Waals surface area (Å²) in [5, 5.41) is 9.29. The Hall–Kier alpha value is -2.97.